The lowest BCUT2D eigenvalue weighted by Gasteiger charge is -2.31. The number of hydrogen-bond donors (Lipinski definition) is 2. The van der Waals surface area contributed by atoms with Gasteiger partial charge in [0.25, 0.3) is 5.91 Å². The van der Waals surface area contributed by atoms with E-state index >= 15 is 0 Å². The third-order valence-corrected chi connectivity index (χ3v) is 7.59. The summed E-state index contributed by atoms with van der Waals surface area (Å²) in [6.07, 6.45) is 3.34. The second-order valence-corrected chi connectivity index (χ2v) is 10.9. The van der Waals surface area contributed by atoms with E-state index < -0.39 is 29.2 Å². The minimum atomic E-state index is -1.57. The first-order valence-electron chi connectivity index (χ1n) is 15.1. The lowest BCUT2D eigenvalue weighted by Crippen LogP contribution is -2.48. The van der Waals surface area contributed by atoms with Crippen molar-refractivity contribution in [1.29, 1.82) is 0 Å². The Bertz CT molecular complexity index is 1770. The molecule has 0 bridgehead atoms. The Morgan fingerprint density at radius 1 is 1.04 bits per heavy atom. The van der Waals surface area contributed by atoms with E-state index in [0.29, 0.717) is 35.5 Å². The maximum absolute atomic E-state index is 14.4. The minimum absolute atomic E-state index is 0.0157. The van der Waals surface area contributed by atoms with Crippen molar-refractivity contribution in [2.24, 2.45) is 10.1 Å². The van der Waals surface area contributed by atoms with Crippen LogP contribution in [0.5, 0.6) is 5.75 Å². The number of carbonyl (C=O) groups is 1. The van der Waals surface area contributed by atoms with Crippen molar-refractivity contribution in [2.75, 3.05) is 13.2 Å². The molecule has 1 aliphatic rings. The predicted molar refractivity (Wildman–Crippen MR) is 174 cm³/mol. The van der Waals surface area contributed by atoms with E-state index in [1.165, 1.54) is 0 Å². The first kappa shape index (κ1) is 32.9. The Balaban J connectivity index is 1.58. The largest absolute Gasteiger partial charge is 0.494 e. The number of hydrogen-bond acceptors (Lipinski definition) is 6. The van der Waals surface area contributed by atoms with Crippen LogP contribution in [0.15, 0.2) is 113 Å². The zero-order chi connectivity index (χ0) is 33.1. The van der Waals surface area contributed by atoms with Crippen molar-refractivity contribution >= 4 is 17.9 Å². The number of nitrogens with zero attached hydrogens (tertiary/aromatic N) is 4. The average Bonchev–Trinajstić information content (AvgIpc) is 3.47. The lowest BCUT2D eigenvalue weighted by molar-refractivity contribution is -0.129. The van der Waals surface area contributed by atoms with Gasteiger partial charge in [0, 0.05) is 42.5 Å². The number of aliphatic hydroxyl groups excluding tert-OH is 1. The van der Waals surface area contributed by atoms with Crippen molar-refractivity contribution in [3.63, 3.8) is 0 Å². The third-order valence-electron chi connectivity index (χ3n) is 7.59. The number of amides is 1. The fraction of sp³-hybridized carbons (Fsp3) is 0.222. The van der Waals surface area contributed by atoms with Gasteiger partial charge in [-0.25, -0.2) is 13.8 Å². The molecule has 1 heterocycles. The van der Waals surface area contributed by atoms with E-state index in [1.807, 2.05) is 42.5 Å². The highest BCUT2D eigenvalue weighted by Gasteiger charge is 2.53. The van der Waals surface area contributed by atoms with Crippen molar-refractivity contribution in [3.8, 4) is 5.75 Å². The van der Waals surface area contributed by atoms with Crippen molar-refractivity contribution in [2.45, 2.75) is 37.6 Å². The highest BCUT2D eigenvalue weighted by Crippen LogP contribution is 2.44. The summed E-state index contributed by atoms with van der Waals surface area (Å²) in [5, 5.41) is 15.7. The van der Waals surface area contributed by atoms with Gasteiger partial charge in [-0.2, -0.15) is 0 Å². The quantitative estimate of drug-likeness (QED) is 0.0655. The third kappa shape index (κ3) is 8.21. The molecule has 4 aromatic carbocycles. The Morgan fingerprint density at radius 3 is 2.49 bits per heavy atom. The molecule has 2 N–H and O–H groups in total. The van der Waals surface area contributed by atoms with E-state index in [1.54, 1.807) is 48.5 Å². The SMILES string of the molecule is [N-]=[N+]=NCc1ccccc1[C@H]1OC(c2ccc(OCCCO)cc2)=N[C@@]1(C/C=C/c1ccccc1)C(=O)NCc1cc(F)cc(F)c1. The van der Waals surface area contributed by atoms with Crippen LogP contribution in [0.25, 0.3) is 16.5 Å². The summed E-state index contributed by atoms with van der Waals surface area (Å²) in [4.78, 5) is 22.3. The van der Waals surface area contributed by atoms with Gasteiger partial charge in [0.15, 0.2) is 11.6 Å². The molecular weight excluding hydrogens is 604 g/mol. The molecule has 0 radical (unpaired) electrons. The molecule has 9 nitrogen and oxygen atoms in total. The van der Waals surface area contributed by atoms with Crippen LogP contribution < -0.4 is 10.1 Å². The molecule has 0 unspecified atom stereocenters. The van der Waals surface area contributed by atoms with Crippen molar-refractivity contribution in [3.05, 3.63) is 153 Å². The van der Waals surface area contributed by atoms with Gasteiger partial charge in [0.2, 0.25) is 5.90 Å². The fourth-order valence-electron chi connectivity index (χ4n) is 5.32. The van der Waals surface area contributed by atoms with Gasteiger partial charge < -0.3 is 19.9 Å². The second-order valence-electron chi connectivity index (χ2n) is 10.9. The van der Waals surface area contributed by atoms with Gasteiger partial charge in [0.1, 0.15) is 17.4 Å². The number of rotatable bonds is 14. The molecule has 2 atom stereocenters. The molecule has 0 saturated heterocycles. The molecule has 1 aliphatic heterocycles. The van der Waals surface area contributed by atoms with Crippen LogP contribution in [0, 0.1) is 11.6 Å². The number of benzene rings is 4. The minimum Gasteiger partial charge on any atom is -0.494 e. The molecule has 47 heavy (non-hydrogen) atoms. The van der Waals surface area contributed by atoms with Gasteiger partial charge in [-0.05, 0) is 64.2 Å². The molecule has 0 spiro atoms. The van der Waals surface area contributed by atoms with E-state index in [4.69, 9.17) is 25.1 Å². The molecule has 4 aromatic rings. The van der Waals surface area contributed by atoms with Crippen LogP contribution >= 0.6 is 0 Å². The van der Waals surface area contributed by atoms with E-state index in [0.717, 1.165) is 23.8 Å². The van der Waals surface area contributed by atoms with E-state index in [2.05, 4.69) is 15.3 Å². The van der Waals surface area contributed by atoms with E-state index in [9.17, 15) is 13.6 Å². The summed E-state index contributed by atoms with van der Waals surface area (Å²) in [5.74, 6) is -1.24. The highest BCUT2D eigenvalue weighted by atomic mass is 19.1. The van der Waals surface area contributed by atoms with Gasteiger partial charge >= 0.3 is 0 Å². The Kier molecular flexibility index (Phi) is 11.0. The topological polar surface area (TPSA) is 129 Å². The zero-order valence-corrected chi connectivity index (χ0v) is 25.4. The molecule has 0 fully saturated rings. The van der Waals surface area contributed by atoms with Crippen molar-refractivity contribution in [1.82, 2.24) is 5.32 Å². The molecule has 11 heteroatoms. The average molecular weight is 638 g/mol. The van der Waals surface area contributed by atoms with Crippen LogP contribution in [0.1, 0.15) is 46.8 Å². The van der Waals surface area contributed by atoms with Gasteiger partial charge in [-0.1, -0.05) is 71.9 Å². The maximum atomic E-state index is 14.4. The summed E-state index contributed by atoms with van der Waals surface area (Å²) < 4.78 is 40.2. The smallest absolute Gasteiger partial charge is 0.252 e. The monoisotopic (exact) mass is 637 g/mol. The van der Waals surface area contributed by atoms with Crippen molar-refractivity contribution < 1.29 is 28.2 Å². The zero-order valence-electron chi connectivity index (χ0n) is 25.4. The molecular formula is C36H33F2N5O4. The van der Waals surface area contributed by atoms with Crippen LogP contribution in [-0.4, -0.2) is 35.7 Å². The number of nitrogens with one attached hydrogen (secondary N) is 1. The van der Waals surface area contributed by atoms with Crippen LogP contribution in [-0.2, 0) is 22.6 Å². The van der Waals surface area contributed by atoms with Crippen LogP contribution in [0.2, 0.25) is 0 Å². The van der Waals surface area contributed by atoms with Gasteiger partial charge in [-0.3, -0.25) is 4.79 Å². The van der Waals surface area contributed by atoms with Crippen LogP contribution in [0.3, 0.4) is 0 Å². The fourth-order valence-corrected chi connectivity index (χ4v) is 5.32. The number of ether oxygens (including phenoxy) is 2. The molecule has 0 aliphatic carbocycles. The molecule has 5 rings (SSSR count). The normalized spacial score (nSPS) is 17.1. The summed E-state index contributed by atoms with van der Waals surface area (Å²) in [6, 6.07) is 26.9. The maximum Gasteiger partial charge on any atom is 0.252 e. The Morgan fingerprint density at radius 2 is 1.77 bits per heavy atom. The van der Waals surface area contributed by atoms with E-state index in [-0.39, 0.29) is 37.6 Å². The molecule has 240 valence electrons. The van der Waals surface area contributed by atoms with Gasteiger partial charge in [0.05, 0.1) is 13.2 Å². The number of aliphatic hydroxyl groups is 1. The number of carbonyl (C=O) groups excluding carboxylic acids is 1. The standard InChI is InChI=1S/C36H33F2N5O4/c37-29-20-26(21-30(38)22-29)23-40-35(45)36(17-6-10-25-8-2-1-3-9-25)33(32-12-5-4-11-28(32)24-41-43-39)47-34(42-36)27-13-15-31(16-14-27)46-19-7-18-44/h1-6,8-16,20-22,33,44H,7,17-19,23-24H2,(H,40,45)/b10-6+/t33-,36-/m1/s1. The predicted octanol–water partition coefficient (Wildman–Crippen LogP) is 7.21. The molecule has 0 aromatic heterocycles. The number of aliphatic imine (C=N–C) groups is 1. The van der Waals surface area contributed by atoms with Crippen LogP contribution in [0.4, 0.5) is 8.78 Å². The number of halogens is 2. The first-order valence-corrected chi connectivity index (χ1v) is 15.1. The summed E-state index contributed by atoms with van der Waals surface area (Å²) >= 11 is 0. The molecule has 1 amide bonds. The summed E-state index contributed by atoms with van der Waals surface area (Å²) in [7, 11) is 0. The molecule has 0 saturated carbocycles. The summed E-state index contributed by atoms with van der Waals surface area (Å²) in [6.45, 7) is 0.225. The summed E-state index contributed by atoms with van der Waals surface area (Å²) in [5.41, 5.74) is 10.5. The Hall–Kier alpha value is -5.51. The first-order chi connectivity index (χ1) is 22.9. The lowest BCUT2D eigenvalue weighted by atomic mass is 9.82. The number of azide groups is 1. The highest BCUT2D eigenvalue weighted by molar-refractivity contribution is 6.01. The second kappa shape index (κ2) is 15.7. The Labute approximate surface area is 270 Å². The van der Waals surface area contributed by atoms with Gasteiger partial charge in [-0.15, -0.1) is 0 Å².